The zero-order chi connectivity index (χ0) is 20.9. The van der Waals surface area contributed by atoms with Gasteiger partial charge >= 0.3 is 5.97 Å². The summed E-state index contributed by atoms with van der Waals surface area (Å²) in [7, 11) is 1.30. The molecule has 5 nitrogen and oxygen atoms in total. The Hall–Kier alpha value is -3.44. The third-order valence-electron chi connectivity index (χ3n) is 4.78. The number of hydrogen-bond donors (Lipinski definition) is 2. The van der Waals surface area contributed by atoms with E-state index in [9.17, 15) is 14.7 Å². The number of rotatable bonds is 6. The van der Waals surface area contributed by atoms with E-state index in [0.29, 0.717) is 16.7 Å². The molecule has 0 bridgehead atoms. The van der Waals surface area contributed by atoms with Crippen molar-refractivity contribution in [1.82, 2.24) is 5.32 Å². The Bertz CT molecular complexity index is 978. The molecule has 148 valence electrons. The van der Waals surface area contributed by atoms with Crippen LogP contribution in [0.4, 0.5) is 0 Å². The first-order chi connectivity index (χ1) is 13.9. The minimum absolute atomic E-state index is 0.0509. The van der Waals surface area contributed by atoms with Crippen LogP contribution in [0, 0.1) is 0 Å². The predicted molar refractivity (Wildman–Crippen MR) is 112 cm³/mol. The Kier molecular flexibility index (Phi) is 6.10. The summed E-state index contributed by atoms with van der Waals surface area (Å²) in [6, 6.07) is 23.8. The zero-order valence-electron chi connectivity index (χ0n) is 16.4. The summed E-state index contributed by atoms with van der Waals surface area (Å²) in [4.78, 5) is 23.8. The van der Waals surface area contributed by atoms with Crippen LogP contribution in [-0.4, -0.2) is 30.6 Å². The molecule has 3 rings (SSSR count). The molecular formula is C24H23NO4. The van der Waals surface area contributed by atoms with Crippen LogP contribution in [0.2, 0.25) is 0 Å². The minimum atomic E-state index is -1.23. The number of nitrogens with one attached hydrogen (secondary N) is 1. The van der Waals surface area contributed by atoms with Gasteiger partial charge in [0.1, 0.15) is 5.60 Å². The van der Waals surface area contributed by atoms with Gasteiger partial charge in [-0.3, -0.25) is 4.79 Å². The van der Waals surface area contributed by atoms with Crippen LogP contribution in [0.5, 0.6) is 0 Å². The van der Waals surface area contributed by atoms with E-state index in [4.69, 9.17) is 0 Å². The first-order valence-electron chi connectivity index (χ1n) is 9.25. The molecule has 0 aliphatic carbocycles. The van der Waals surface area contributed by atoms with Crippen molar-refractivity contribution < 1.29 is 19.4 Å². The highest BCUT2D eigenvalue weighted by Crippen LogP contribution is 2.25. The van der Waals surface area contributed by atoms with Crippen molar-refractivity contribution in [3.63, 3.8) is 0 Å². The maximum Gasteiger partial charge on any atom is 0.337 e. The highest BCUT2D eigenvalue weighted by atomic mass is 16.5. The van der Waals surface area contributed by atoms with Crippen molar-refractivity contribution >= 4 is 11.9 Å². The number of esters is 1. The molecule has 3 aromatic carbocycles. The highest BCUT2D eigenvalue weighted by Gasteiger charge is 2.24. The van der Waals surface area contributed by atoms with Gasteiger partial charge in [0.15, 0.2) is 0 Å². The van der Waals surface area contributed by atoms with Crippen molar-refractivity contribution in [3.05, 3.63) is 95.6 Å². The van der Waals surface area contributed by atoms with Crippen molar-refractivity contribution in [2.45, 2.75) is 12.5 Å². The van der Waals surface area contributed by atoms with E-state index in [1.54, 1.807) is 19.1 Å². The van der Waals surface area contributed by atoms with E-state index in [1.165, 1.54) is 19.2 Å². The molecule has 1 atom stereocenters. The van der Waals surface area contributed by atoms with E-state index >= 15 is 0 Å². The molecule has 3 aromatic rings. The molecule has 5 heteroatoms. The van der Waals surface area contributed by atoms with Gasteiger partial charge in [0.05, 0.1) is 19.2 Å². The van der Waals surface area contributed by atoms with Gasteiger partial charge in [0.25, 0.3) is 5.91 Å². The van der Waals surface area contributed by atoms with Gasteiger partial charge in [0, 0.05) is 5.56 Å². The molecule has 0 spiro atoms. The van der Waals surface area contributed by atoms with E-state index in [0.717, 1.165) is 11.1 Å². The quantitative estimate of drug-likeness (QED) is 0.629. The Balaban J connectivity index is 1.64. The summed E-state index contributed by atoms with van der Waals surface area (Å²) in [5, 5.41) is 13.6. The molecule has 0 fully saturated rings. The first kappa shape index (κ1) is 20.3. The van der Waals surface area contributed by atoms with Gasteiger partial charge in [0.2, 0.25) is 0 Å². The van der Waals surface area contributed by atoms with Gasteiger partial charge in [-0.15, -0.1) is 0 Å². The van der Waals surface area contributed by atoms with Crippen LogP contribution in [0.3, 0.4) is 0 Å². The normalized spacial score (nSPS) is 12.7. The van der Waals surface area contributed by atoms with Crippen LogP contribution in [0.15, 0.2) is 78.9 Å². The summed E-state index contributed by atoms with van der Waals surface area (Å²) < 4.78 is 4.64. The number of carbonyl (C=O) groups excluding carboxylic acids is 2. The van der Waals surface area contributed by atoms with Gasteiger partial charge in [-0.25, -0.2) is 4.79 Å². The molecule has 0 aliphatic rings. The third-order valence-corrected chi connectivity index (χ3v) is 4.78. The lowest BCUT2D eigenvalue weighted by molar-refractivity contribution is 0.0526. The summed E-state index contributed by atoms with van der Waals surface area (Å²) in [6.07, 6.45) is 0. The second-order valence-electron chi connectivity index (χ2n) is 6.97. The van der Waals surface area contributed by atoms with E-state index in [-0.39, 0.29) is 12.5 Å². The number of ether oxygens (including phenoxy) is 1. The Morgan fingerprint density at radius 3 is 2.00 bits per heavy atom. The van der Waals surface area contributed by atoms with Crippen molar-refractivity contribution in [2.75, 3.05) is 13.7 Å². The molecule has 0 saturated heterocycles. The molecule has 2 N–H and O–H groups in total. The zero-order valence-corrected chi connectivity index (χ0v) is 16.4. The van der Waals surface area contributed by atoms with Crippen LogP contribution in [0.25, 0.3) is 11.1 Å². The van der Waals surface area contributed by atoms with Crippen molar-refractivity contribution in [1.29, 1.82) is 0 Å². The molecule has 0 heterocycles. The smallest absolute Gasteiger partial charge is 0.337 e. The fraction of sp³-hybridized carbons (Fsp3) is 0.167. The standard InChI is InChI=1S/C24H23NO4/c1-24(28,21-14-12-18(13-15-21)17-6-4-3-5-7-17)16-25-22(26)19-8-10-20(11-9-19)23(27)29-2/h3-15,28H,16H2,1-2H3,(H,25,26)/t24-/m1/s1. The van der Waals surface area contributed by atoms with Crippen molar-refractivity contribution in [3.8, 4) is 11.1 Å². The van der Waals surface area contributed by atoms with E-state index < -0.39 is 11.6 Å². The summed E-state index contributed by atoms with van der Waals surface area (Å²) in [6.45, 7) is 1.71. The lowest BCUT2D eigenvalue weighted by Gasteiger charge is -2.24. The monoisotopic (exact) mass is 389 g/mol. The summed E-state index contributed by atoms with van der Waals surface area (Å²) in [5.74, 6) is -0.790. The number of aliphatic hydroxyl groups is 1. The lowest BCUT2D eigenvalue weighted by Crippen LogP contribution is -2.38. The average molecular weight is 389 g/mol. The highest BCUT2D eigenvalue weighted by molar-refractivity contribution is 5.96. The van der Waals surface area contributed by atoms with Crippen molar-refractivity contribution in [2.24, 2.45) is 0 Å². The number of carbonyl (C=O) groups is 2. The third kappa shape index (κ3) is 4.89. The maximum absolute atomic E-state index is 12.4. The molecule has 0 radical (unpaired) electrons. The topological polar surface area (TPSA) is 75.6 Å². The van der Waals surface area contributed by atoms with Crippen LogP contribution >= 0.6 is 0 Å². The molecule has 29 heavy (non-hydrogen) atoms. The summed E-state index contributed by atoms with van der Waals surface area (Å²) >= 11 is 0. The van der Waals surface area contributed by atoms with Crippen LogP contribution < -0.4 is 5.32 Å². The van der Waals surface area contributed by atoms with Gasteiger partial charge in [-0.05, 0) is 47.9 Å². The molecule has 0 aliphatic heterocycles. The summed E-state index contributed by atoms with van der Waals surface area (Å²) in [5.41, 5.74) is 2.40. The van der Waals surface area contributed by atoms with Gasteiger partial charge in [-0.1, -0.05) is 54.6 Å². The van der Waals surface area contributed by atoms with Gasteiger partial charge in [-0.2, -0.15) is 0 Å². The SMILES string of the molecule is COC(=O)c1ccc(C(=O)NC[C@@](C)(O)c2ccc(-c3ccccc3)cc2)cc1. The maximum atomic E-state index is 12.4. The fourth-order valence-electron chi connectivity index (χ4n) is 2.98. The molecule has 0 unspecified atom stereocenters. The Morgan fingerprint density at radius 2 is 1.41 bits per heavy atom. The largest absolute Gasteiger partial charge is 0.465 e. The van der Waals surface area contributed by atoms with Crippen LogP contribution in [0.1, 0.15) is 33.2 Å². The molecule has 1 amide bonds. The Morgan fingerprint density at radius 1 is 0.862 bits per heavy atom. The second kappa shape index (κ2) is 8.71. The molecular weight excluding hydrogens is 366 g/mol. The number of amides is 1. The van der Waals surface area contributed by atoms with Gasteiger partial charge < -0.3 is 15.2 Å². The van der Waals surface area contributed by atoms with E-state index in [2.05, 4.69) is 10.1 Å². The average Bonchev–Trinajstić information content (AvgIpc) is 2.78. The second-order valence-corrected chi connectivity index (χ2v) is 6.97. The number of methoxy groups -OCH3 is 1. The fourth-order valence-corrected chi connectivity index (χ4v) is 2.98. The number of hydrogen-bond acceptors (Lipinski definition) is 4. The molecule has 0 saturated carbocycles. The van der Waals surface area contributed by atoms with E-state index in [1.807, 2.05) is 54.6 Å². The first-order valence-corrected chi connectivity index (χ1v) is 9.25. The number of benzene rings is 3. The predicted octanol–water partition coefficient (Wildman–Crippen LogP) is 3.78. The Labute approximate surface area is 170 Å². The molecule has 0 aromatic heterocycles. The van der Waals surface area contributed by atoms with Crippen LogP contribution in [-0.2, 0) is 10.3 Å². The lowest BCUT2D eigenvalue weighted by atomic mass is 9.93. The minimum Gasteiger partial charge on any atom is -0.465 e.